The highest BCUT2D eigenvalue weighted by atomic mass is 32.2. The molecule has 0 fully saturated rings. The van der Waals surface area contributed by atoms with Crippen molar-refractivity contribution in [3.63, 3.8) is 0 Å². The Hall–Kier alpha value is -3.03. The van der Waals surface area contributed by atoms with Gasteiger partial charge in [-0.05, 0) is 87.5 Å². The number of methoxy groups -OCH3 is 1. The van der Waals surface area contributed by atoms with Gasteiger partial charge in [0.05, 0.1) is 17.7 Å². The second-order valence-electron chi connectivity index (χ2n) is 8.12. The molecule has 32 heavy (non-hydrogen) atoms. The summed E-state index contributed by atoms with van der Waals surface area (Å²) >= 11 is 0. The highest BCUT2D eigenvalue weighted by molar-refractivity contribution is 7.92. The first kappa shape index (κ1) is 22.2. The molecule has 1 aliphatic carbocycles. The molecule has 0 aromatic heterocycles. The summed E-state index contributed by atoms with van der Waals surface area (Å²) in [7, 11) is 2.05. The van der Waals surface area contributed by atoms with E-state index in [2.05, 4.69) is 23.7 Å². The standard InChI is InChI=1S/C25H28N2O4S/c1-27(2)18-9-14-22-23(17-18)25(30-3)16-15-24(22)26-32(28,29)21-12-10-20(11-13-21)31-19-7-5-4-6-8-19/h4-8,10-13,15-16,18,26H,9,14,17H2,1-3H3. The summed E-state index contributed by atoms with van der Waals surface area (Å²) in [5, 5.41) is 0. The molecular formula is C25H28N2O4S. The zero-order valence-corrected chi connectivity index (χ0v) is 19.4. The molecule has 168 valence electrons. The SMILES string of the molecule is COc1ccc(NS(=O)(=O)c2ccc(Oc3ccccc3)cc2)c2c1CC(N(C)C)CC2. The van der Waals surface area contributed by atoms with Crippen molar-refractivity contribution in [2.24, 2.45) is 0 Å². The number of ether oxygens (including phenoxy) is 2. The smallest absolute Gasteiger partial charge is 0.261 e. The first-order valence-electron chi connectivity index (χ1n) is 10.6. The summed E-state index contributed by atoms with van der Waals surface area (Å²) < 4.78 is 40.3. The number of para-hydroxylation sites is 1. The van der Waals surface area contributed by atoms with E-state index in [9.17, 15) is 8.42 Å². The molecule has 4 rings (SSSR count). The number of rotatable bonds is 7. The van der Waals surface area contributed by atoms with Crippen LogP contribution in [0.25, 0.3) is 0 Å². The van der Waals surface area contributed by atoms with Crippen molar-refractivity contribution in [1.29, 1.82) is 0 Å². The molecule has 0 spiro atoms. The maximum Gasteiger partial charge on any atom is 0.261 e. The number of anilines is 1. The molecule has 1 unspecified atom stereocenters. The average molecular weight is 453 g/mol. The normalized spacial score (nSPS) is 15.8. The van der Waals surface area contributed by atoms with Crippen molar-refractivity contribution in [2.45, 2.75) is 30.2 Å². The van der Waals surface area contributed by atoms with Crippen LogP contribution in [-0.4, -0.2) is 40.6 Å². The fourth-order valence-corrected chi connectivity index (χ4v) is 5.17. The van der Waals surface area contributed by atoms with Crippen molar-refractivity contribution >= 4 is 15.7 Å². The molecule has 0 aliphatic heterocycles. The lowest BCUT2D eigenvalue weighted by Crippen LogP contribution is -2.34. The van der Waals surface area contributed by atoms with Crippen LogP contribution in [0.1, 0.15) is 17.5 Å². The van der Waals surface area contributed by atoms with Gasteiger partial charge < -0.3 is 14.4 Å². The predicted octanol–water partition coefficient (Wildman–Crippen LogP) is 4.71. The van der Waals surface area contributed by atoms with Crippen LogP contribution in [0.2, 0.25) is 0 Å². The van der Waals surface area contributed by atoms with E-state index in [0.29, 0.717) is 23.2 Å². The minimum atomic E-state index is -3.74. The molecule has 1 N–H and O–H groups in total. The number of hydrogen-bond donors (Lipinski definition) is 1. The monoisotopic (exact) mass is 452 g/mol. The molecule has 0 amide bonds. The van der Waals surface area contributed by atoms with E-state index in [1.54, 1.807) is 37.4 Å². The molecule has 3 aromatic carbocycles. The summed E-state index contributed by atoms with van der Waals surface area (Å²) in [4.78, 5) is 2.39. The van der Waals surface area contributed by atoms with E-state index in [4.69, 9.17) is 9.47 Å². The van der Waals surface area contributed by atoms with Gasteiger partial charge in [0.1, 0.15) is 17.2 Å². The van der Waals surface area contributed by atoms with Gasteiger partial charge in [0.2, 0.25) is 0 Å². The fraction of sp³-hybridized carbons (Fsp3) is 0.280. The lowest BCUT2D eigenvalue weighted by atomic mass is 9.86. The Morgan fingerprint density at radius 3 is 2.25 bits per heavy atom. The number of nitrogens with zero attached hydrogens (tertiary/aromatic N) is 1. The van der Waals surface area contributed by atoms with Gasteiger partial charge in [-0.25, -0.2) is 8.42 Å². The van der Waals surface area contributed by atoms with Crippen LogP contribution in [0, 0.1) is 0 Å². The van der Waals surface area contributed by atoms with Crippen LogP contribution in [0.4, 0.5) is 5.69 Å². The molecule has 0 saturated heterocycles. The van der Waals surface area contributed by atoms with Crippen LogP contribution in [0.3, 0.4) is 0 Å². The van der Waals surface area contributed by atoms with E-state index in [1.807, 2.05) is 36.4 Å². The average Bonchev–Trinajstić information content (AvgIpc) is 2.80. The Labute approximate surface area is 189 Å². The Bertz CT molecular complexity index is 1180. The third-order valence-electron chi connectivity index (χ3n) is 5.86. The number of benzene rings is 3. The minimum Gasteiger partial charge on any atom is -0.496 e. The van der Waals surface area contributed by atoms with E-state index in [-0.39, 0.29) is 4.90 Å². The zero-order valence-electron chi connectivity index (χ0n) is 18.5. The van der Waals surface area contributed by atoms with E-state index >= 15 is 0 Å². The molecule has 3 aromatic rings. The van der Waals surface area contributed by atoms with Gasteiger partial charge in [-0.15, -0.1) is 0 Å². The minimum absolute atomic E-state index is 0.185. The van der Waals surface area contributed by atoms with E-state index in [0.717, 1.165) is 36.1 Å². The van der Waals surface area contributed by atoms with Gasteiger partial charge in [0.25, 0.3) is 10.0 Å². The molecule has 1 aliphatic rings. The van der Waals surface area contributed by atoms with Gasteiger partial charge >= 0.3 is 0 Å². The van der Waals surface area contributed by atoms with Gasteiger partial charge in [-0.3, -0.25) is 4.72 Å². The van der Waals surface area contributed by atoms with Crippen molar-refractivity contribution in [1.82, 2.24) is 4.90 Å². The molecule has 6 nitrogen and oxygen atoms in total. The molecule has 1 atom stereocenters. The number of sulfonamides is 1. The predicted molar refractivity (Wildman–Crippen MR) is 126 cm³/mol. The molecule has 0 heterocycles. The lowest BCUT2D eigenvalue weighted by Gasteiger charge is -2.32. The van der Waals surface area contributed by atoms with Crippen LogP contribution in [0.15, 0.2) is 71.6 Å². The number of hydrogen-bond acceptors (Lipinski definition) is 5. The largest absolute Gasteiger partial charge is 0.496 e. The van der Waals surface area contributed by atoms with E-state index < -0.39 is 10.0 Å². The number of nitrogens with one attached hydrogen (secondary N) is 1. The molecule has 7 heteroatoms. The maximum atomic E-state index is 13.1. The Kier molecular flexibility index (Phi) is 6.39. The third kappa shape index (κ3) is 4.74. The van der Waals surface area contributed by atoms with Crippen molar-refractivity contribution in [2.75, 3.05) is 25.9 Å². The zero-order chi connectivity index (χ0) is 22.7. The summed E-state index contributed by atoms with van der Waals surface area (Å²) in [6.07, 6.45) is 2.58. The van der Waals surface area contributed by atoms with Crippen LogP contribution >= 0.6 is 0 Å². The summed E-state index contributed by atoms with van der Waals surface area (Å²) in [5.41, 5.74) is 2.70. The van der Waals surface area contributed by atoms with Crippen molar-refractivity contribution in [3.05, 3.63) is 77.9 Å². The first-order chi connectivity index (χ1) is 15.4. The first-order valence-corrected chi connectivity index (χ1v) is 12.1. The van der Waals surface area contributed by atoms with Gasteiger partial charge in [-0.2, -0.15) is 0 Å². The second-order valence-corrected chi connectivity index (χ2v) is 9.81. The Morgan fingerprint density at radius 2 is 1.59 bits per heavy atom. The van der Waals surface area contributed by atoms with Crippen LogP contribution < -0.4 is 14.2 Å². The number of fused-ring (bicyclic) bond motifs is 1. The summed E-state index contributed by atoms with van der Waals surface area (Å²) in [6.45, 7) is 0. The molecule has 0 radical (unpaired) electrons. The lowest BCUT2D eigenvalue weighted by molar-refractivity contribution is 0.265. The van der Waals surface area contributed by atoms with Crippen LogP contribution in [0.5, 0.6) is 17.2 Å². The van der Waals surface area contributed by atoms with Crippen molar-refractivity contribution in [3.8, 4) is 17.2 Å². The van der Waals surface area contributed by atoms with Gasteiger partial charge in [0, 0.05) is 11.6 Å². The molecule has 0 bridgehead atoms. The summed E-state index contributed by atoms with van der Waals surface area (Å²) in [6, 6.07) is 19.8. The van der Waals surface area contributed by atoms with Gasteiger partial charge in [-0.1, -0.05) is 18.2 Å². The topological polar surface area (TPSA) is 67.9 Å². The Morgan fingerprint density at radius 1 is 0.906 bits per heavy atom. The number of likely N-dealkylation sites (N-methyl/N-ethyl adjacent to an activating group) is 1. The highest BCUT2D eigenvalue weighted by Gasteiger charge is 2.27. The third-order valence-corrected chi connectivity index (χ3v) is 7.24. The molecular weight excluding hydrogens is 424 g/mol. The van der Waals surface area contributed by atoms with Gasteiger partial charge in [0.15, 0.2) is 0 Å². The summed E-state index contributed by atoms with van der Waals surface area (Å²) in [5.74, 6) is 2.07. The molecule has 0 saturated carbocycles. The van der Waals surface area contributed by atoms with Crippen LogP contribution in [-0.2, 0) is 22.9 Å². The second kappa shape index (κ2) is 9.22. The van der Waals surface area contributed by atoms with E-state index in [1.165, 1.54) is 0 Å². The highest BCUT2D eigenvalue weighted by Crippen LogP contribution is 2.37. The fourth-order valence-electron chi connectivity index (χ4n) is 4.07. The van der Waals surface area contributed by atoms with Crippen molar-refractivity contribution < 1.29 is 17.9 Å². The quantitative estimate of drug-likeness (QED) is 0.562. The maximum absolute atomic E-state index is 13.1. The Balaban J connectivity index is 1.57.